The average Bonchev–Trinajstić information content (AvgIpc) is 2.66. The van der Waals surface area contributed by atoms with Crippen molar-refractivity contribution in [1.82, 2.24) is 4.90 Å². The van der Waals surface area contributed by atoms with Crippen molar-refractivity contribution < 1.29 is 0 Å². The highest BCUT2D eigenvalue weighted by atomic mass is 15.1. The second kappa shape index (κ2) is 8.21. The SMILES string of the molecule is CN(CCC#CC(C)(C)c1ccccc1)Cc1cccc2ccccc12. The van der Waals surface area contributed by atoms with E-state index in [1.807, 2.05) is 0 Å². The molecule has 3 aromatic carbocycles. The molecule has 0 N–H and O–H groups in total. The lowest BCUT2D eigenvalue weighted by Crippen LogP contribution is -2.19. The van der Waals surface area contributed by atoms with E-state index >= 15 is 0 Å². The van der Waals surface area contributed by atoms with Gasteiger partial charge in [0.15, 0.2) is 0 Å². The van der Waals surface area contributed by atoms with E-state index in [0.29, 0.717) is 0 Å². The molecule has 0 aromatic heterocycles. The first-order chi connectivity index (χ1) is 12.6. The molecular formula is C25H27N. The number of fused-ring (bicyclic) bond motifs is 1. The summed E-state index contributed by atoms with van der Waals surface area (Å²) in [6, 6.07) is 25.7. The molecular weight excluding hydrogens is 314 g/mol. The lowest BCUT2D eigenvalue weighted by atomic mass is 9.85. The van der Waals surface area contributed by atoms with Crippen LogP contribution in [-0.4, -0.2) is 18.5 Å². The number of nitrogens with zero attached hydrogens (tertiary/aromatic N) is 1. The Morgan fingerprint density at radius 3 is 2.35 bits per heavy atom. The zero-order chi connectivity index (χ0) is 18.4. The molecule has 0 spiro atoms. The third-order valence-corrected chi connectivity index (χ3v) is 4.84. The van der Waals surface area contributed by atoms with Gasteiger partial charge in [0.2, 0.25) is 0 Å². The Balaban J connectivity index is 1.59. The highest BCUT2D eigenvalue weighted by molar-refractivity contribution is 5.85. The molecule has 0 aliphatic heterocycles. The quantitative estimate of drug-likeness (QED) is 0.543. The molecule has 0 bridgehead atoms. The molecule has 26 heavy (non-hydrogen) atoms. The van der Waals surface area contributed by atoms with Gasteiger partial charge < -0.3 is 4.90 Å². The van der Waals surface area contributed by atoms with E-state index in [0.717, 1.165) is 19.5 Å². The molecule has 3 rings (SSSR count). The van der Waals surface area contributed by atoms with Crippen molar-refractivity contribution in [3.8, 4) is 11.8 Å². The Labute approximate surface area is 157 Å². The summed E-state index contributed by atoms with van der Waals surface area (Å²) in [5.74, 6) is 6.83. The first-order valence-corrected chi connectivity index (χ1v) is 9.27. The molecule has 0 unspecified atom stereocenters. The van der Waals surface area contributed by atoms with E-state index in [9.17, 15) is 0 Å². The number of hydrogen-bond acceptors (Lipinski definition) is 1. The second-order valence-electron chi connectivity index (χ2n) is 7.42. The Kier molecular flexibility index (Phi) is 5.76. The molecule has 3 aromatic rings. The highest BCUT2D eigenvalue weighted by Gasteiger charge is 2.16. The summed E-state index contributed by atoms with van der Waals surface area (Å²) in [6.07, 6.45) is 0.886. The van der Waals surface area contributed by atoms with Crippen LogP contribution in [0.2, 0.25) is 0 Å². The largest absolute Gasteiger partial charge is 0.301 e. The van der Waals surface area contributed by atoms with E-state index in [4.69, 9.17) is 0 Å². The minimum Gasteiger partial charge on any atom is -0.301 e. The zero-order valence-corrected chi connectivity index (χ0v) is 16.0. The summed E-state index contributed by atoms with van der Waals surface area (Å²) >= 11 is 0. The molecule has 0 saturated carbocycles. The Morgan fingerprint density at radius 2 is 1.54 bits per heavy atom. The third kappa shape index (κ3) is 4.54. The van der Waals surface area contributed by atoms with Crippen LogP contribution in [0.5, 0.6) is 0 Å². The van der Waals surface area contributed by atoms with Gasteiger partial charge in [0.1, 0.15) is 0 Å². The Hall–Kier alpha value is -2.56. The number of hydrogen-bond donors (Lipinski definition) is 0. The summed E-state index contributed by atoms with van der Waals surface area (Å²) in [4.78, 5) is 2.35. The molecule has 0 heterocycles. The number of benzene rings is 3. The van der Waals surface area contributed by atoms with Crippen molar-refractivity contribution in [3.63, 3.8) is 0 Å². The summed E-state index contributed by atoms with van der Waals surface area (Å²) in [5, 5.41) is 2.65. The molecule has 0 aliphatic rings. The minimum absolute atomic E-state index is 0.102. The van der Waals surface area contributed by atoms with Gasteiger partial charge in [-0.05, 0) is 42.8 Å². The third-order valence-electron chi connectivity index (χ3n) is 4.84. The van der Waals surface area contributed by atoms with E-state index in [1.165, 1.54) is 21.9 Å². The van der Waals surface area contributed by atoms with Crippen molar-refractivity contribution in [1.29, 1.82) is 0 Å². The average molecular weight is 341 g/mol. The highest BCUT2D eigenvalue weighted by Crippen LogP contribution is 2.22. The normalized spacial score (nSPS) is 11.4. The summed E-state index contributed by atoms with van der Waals surface area (Å²) in [6.45, 7) is 6.30. The molecule has 0 radical (unpaired) electrons. The Bertz CT molecular complexity index is 908. The lowest BCUT2D eigenvalue weighted by Gasteiger charge is -2.18. The van der Waals surface area contributed by atoms with E-state index < -0.39 is 0 Å². The van der Waals surface area contributed by atoms with Gasteiger partial charge in [0.05, 0.1) is 5.41 Å². The van der Waals surface area contributed by atoms with Crippen LogP contribution in [0.1, 0.15) is 31.4 Å². The maximum Gasteiger partial charge on any atom is 0.0506 e. The molecule has 1 nitrogen and oxygen atoms in total. The van der Waals surface area contributed by atoms with Crippen LogP contribution in [0, 0.1) is 11.8 Å². The van der Waals surface area contributed by atoms with Crippen molar-refractivity contribution in [2.45, 2.75) is 32.2 Å². The van der Waals surface area contributed by atoms with Crippen molar-refractivity contribution >= 4 is 10.8 Å². The van der Waals surface area contributed by atoms with E-state index in [2.05, 4.69) is 110 Å². The molecule has 0 aliphatic carbocycles. The van der Waals surface area contributed by atoms with E-state index in [1.54, 1.807) is 0 Å². The smallest absolute Gasteiger partial charge is 0.0506 e. The van der Waals surface area contributed by atoms with Gasteiger partial charge in [-0.25, -0.2) is 0 Å². The van der Waals surface area contributed by atoms with Crippen LogP contribution < -0.4 is 0 Å². The van der Waals surface area contributed by atoms with E-state index in [-0.39, 0.29) is 5.41 Å². The fourth-order valence-electron chi connectivity index (χ4n) is 3.26. The molecule has 1 heteroatoms. The predicted octanol–water partition coefficient (Wildman–Crippen LogP) is 5.64. The fraction of sp³-hybridized carbons (Fsp3) is 0.280. The summed E-state index contributed by atoms with van der Waals surface area (Å²) in [7, 11) is 2.17. The van der Waals surface area contributed by atoms with Gasteiger partial charge in [-0.3, -0.25) is 0 Å². The van der Waals surface area contributed by atoms with Gasteiger partial charge >= 0.3 is 0 Å². The topological polar surface area (TPSA) is 3.24 Å². The van der Waals surface area contributed by atoms with Crippen LogP contribution in [0.15, 0.2) is 72.8 Å². The lowest BCUT2D eigenvalue weighted by molar-refractivity contribution is 0.336. The maximum absolute atomic E-state index is 3.45. The van der Waals surface area contributed by atoms with Crippen LogP contribution in [0.25, 0.3) is 10.8 Å². The predicted molar refractivity (Wildman–Crippen MR) is 112 cm³/mol. The van der Waals surface area contributed by atoms with Crippen LogP contribution in [0.4, 0.5) is 0 Å². The number of rotatable bonds is 5. The van der Waals surface area contributed by atoms with Gasteiger partial charge in [0.25, 0.3) is 0 Å². The molecule has 0 amide bonds. The summed E-state index contributed by atoms with van der Waals surface area (Å²) in [5.41, 5.74) is 2.55. The van der Waals surface area contributed by atoms with Crippen LogP contribution >= 0.6 is 0 Å². The molecule has 0 saturated heterocycles. The second-order valence-corrected chi connectivity index (χ2v) is 7.42. The van der Waals surface area contributed by atoms with Crippen LogP contribution in [-0.2, 0) is 12.0 Å². The standard InChI is InChI=1S/C25H27N/c1-25(2,23-15-5-4-6-16-23)18-9-10-19-26(3)20-22-14-11-13-21-12-7-8-17-24(21)22/h4-8,11-17H,10,19-20H2,1-3H3. The van der Waals surface area contributed by atoms with Gasteiger partial charge in [-0.1, -0.05) is 78.7 Å². The Morgan fingerprint density at radius 1 is 0.846 bits per heavy atom. The molecule has 0 fully saturated rings. The fourth-order valence-corrected chi connectivity index (χ4v) is 3.26. The van der Waals surface area contributed by atoms with Crippen molar-refractivity contribution in [2.75, 3.05) is 13.6 Å². The zero-order valence-electron chi connectivity index (χ0n) is 16.0. The van der Waals surface area contributed by atoms with Gasteiger partial charge in [-0.15, -0.1) is 5.92 Å². The van der Waals surface area contributed by atoms with Gasteiger partial charge in [0, 0.05) is 19.5 Å². The molecule has 0 atom stereocenters. The van der Waals surface area contributed by atoms with Crippen molar-refractivity contribution in [2.24, 2.45) is 0 Å². The summed E-state index contributed by atoms with van der Waals surface area (Å²) < 4.78 is 0. The minimum atomic E-state index is -0.102. The first-order valence-electron chi connectivity index (χ1n) is 9.27. The first kappa shape index (κ1) is 18.2. The molecule has 132 valence electrons. The monoisotopic (exact) mass is 341 g/mol. The van der Waals surface area contributed by atoms with Crippen molar-refractivity contribution in [3.05, 3.63) is 83.9 Å². The van der Waals surface area contributed by atoms with Crippen LogP contribution in [0.3, 0.4) is 0 Å². The maximum atomic E-state index is 3.45. The van der Waals surface area contributed by atoms with Gasteiger partial charge in [-0.2, -0.15) is 0 Å².